The van der Waals surface area contributed by atoms with Gasteiger partial charge in [0.25, 0.3) is 5.69 Å². The maximum absolute atomic E-state index is 13.9. The third kappa shape index (κ3) is 3.71. The number of carbonyl (C=O) groups excluding carboxylic acids is 3. The molecule has 2 aromatic rings. The largest absolute Gasteiger partial charge is 0.357 e. The zero-order chi connectivity index (χ0) is 25.8. The van der Waals surface area contributed by atoms with E-state index in [0.29, 0.717) is 0 Å². The van der Waals surface area contributed by atoms with E-state index in [4.69, 9.17) is 11.6 Å². The topological polar surface area (TPSA) is 113 Å². The van der Waals surface area contributed by atoms with Crippen molar-refractivity contribution in [3.05, 3.63) is 74.9 Å². The highest BCUT2D eigenvalue weighted by Gasteiger charge is 2.65. The summed E-state index contributed by atoms with van der Waals surface area (Å²) in [4.78, 5) is 55.5. The molecule has 0 bridgehead atoms. The van der Waals surface area contributed by atoms with Gasteiger partial charge in [-0.05, 0) is 36.1 Å². The van der Waals surface area contributed by atoms with E-state index in [-0.39, 0.29) is 34.3 Å². The van der Waals surface area contributed by atoms with Crippen LogP contribution in [-0.2, 0) is 14.4 Å². The van der Waals surface area contributed by atoms with Crippen molar-refractivity contribution in [2.75, 3.05) is 5.32 Å². The van der Waals surface area contributed by atoms with E-state index in [9.17, 15) is 24.5 Å². The number of fused-ring (bicyclic) bond motifs is 5. The Labute approximate surface area is 218 Å². The van der Waals surface area contributed by atoms with Gasteiger partial charge in [-0.15, -0.1) is 0 Å². The summed E-state index contributed by atoms with van der Waals surface area (Å²) in [6, 6.07) is 9.91. The number of benzene rings is 2. The Morgan fingerprint density at radius 1 is 1.03 bits per heavy atom. The monoisotopic (exact) mass is 520 g/mol. The van der Waals surface area contributed by atoms with E-state index in [1.165, 1.54) is 23.1 Å². The van der Waals surface area contributed by atoms with Crippen molar-refractivity contribution >= 4 is 46.8 Å². The first kappa shape index (κ1) is 23.7. The van der Waals surface area contributed by atoms with E-state index in [1.54, 1.807) is 11.1 Å². The van der Waals surface area contributed by atoms with Gasteiger partial charge in [0.1, 0.15) is 6.04 Å². The van der Waals surface area contributed by atoms with Crippen LogP contribution in [0, 0.1) is 22.0 Å². The van der Waals surface area contributed by atoms with Crippen molar-refractivity contribution < 1.29 is 19.3 Å². The molecule has 1 aliphatic carbocycles. The molecule has 6 rings (SSSR count). The number of nitrogens with zero attached hydrogens (tertiary/aromatic N) is 3. The molecule has 10 heteroatoms. The fraction of sp³-hybridized carbons (Fsp3) is 0.370. The van der Waals surface area contributed by atoms with E-state index in [2.05, 4.69) is 5.32 Å². The SMILES string of the molecule is O=C(Nc1cc([N+](=O)[O-])ccc1Cl)[C@@H]1[C@@H]2C(=O)N(C3CCCCC3)C(=O)[C@@H]2[C@H]2c3ccccc3C=CN12. The molecular weight excluding hydrogens is 496 g/mol. The number of imide groups is 1. The summed E-state index contributed by atoms with van der Waals surface area (Å²) in [7, 11) is 0. The number of hydrogen-bond acceptors (Lipinski definition) is 6. The Kier molecular flexibility index (Phi) is 5.75. The Bertz CT molecular complexity index is 1350. The number of carbonyl (C=O) groups is 3. The van der Waals surface area contributed by atoms with Crippen LogP contribution < -0.4 is 5.32 Å². The maximum Gasteiger partial charge on any atom is 0.271 e. The molecular formula is C27H25ClN4O5. The number of anilines is 1. The molecule has 0 aromatic heterocycles. The minimum Gasteiger partial charge on any atom is -0.357 e. The van der Waals surface area contributed by atoms with Gasteiger partial charge >= 0.3 is 0 Å². The van der Waals surface area contributed by atoms with Crippen molar-refractivity contribution in [3.63, 3.8) is 0 Å². The van der Waals surface area contributed by atoms with Gasteiger partial charge in [0.05, 0.1) is 33.5 Å². The van der Waals surface area contributed by atoms with Gasteiger partial charge < -0.3 is 10.2 Å². The lowest BCUT2D eigenvalue weighted by Crippen LogP contribution is -2.49. The number of likely N-dealkylation sites (tertiary alicyclic amines) is 1. The molecule has 0 spiro atoms. The average Bonchev–Trinajstić information content (AvgIpc) is 3.38. The molecule has 3 amide bonds. The number of non-ortho nitro benzene ring substituents is 1. The second kappa shape index (κ2) is 8.99. The van der Waals surface area contributed by atoms with Gasteiger partial charge in [-0.3, -0.25) is 29.4 Å². The van der Waals surface area contributed by atoms with Crippen molar-refractivity contribution in [2.45, 2.75) is 50.2 Å². The molecule has 190 valence electrons. The molecule has 2 saturated heterocycles. The first-order valence-electron chi connectivity index (χ1n) is 12.5. The molecule has 4 atom stereocenters. The van der Waals surface area contributed by atoms with Crippen LogP contribution in [-0.4, -0.2) is 44.5 Å². The van der Waals surface area contributed by atoms with Gasteiger partial charge in [-0.2, -0.15) is 0 Å². The fourth-order valence-electron chi connectivity index (χ4n) is 6.51. The second-order valence-electron chi connectivity index (χ2n) is 10.1. The van der Waals surface area contributed by atoms with Crippen LogP contribution in [0.1, 0.15) is 49.3 Å². The number of rotatable bonds is 4. The minimum atomic E-state index is -0.972. The van der Waals surface area contributed by atoms with Crippen LogP contribution >= 0.6 is 11.6 Å². The molecule has 0 unspecified atom stereocenters. The van der Waals surface area contributed by atoms with E-state index >= 15 is 0 Å². The fourth-order valence-corrected chi connectivity index (χ4v) is 6.67. The lowest BCUT2D eigenvalue weighted by molar-refractivity contribution is -0.384. The molecule has 0 radical (unpaired) electrons. The highest BCUT2D eigenvalue weighted by Crippen LogP contribution is 2.53. The molecule has 37 heavy (non-hydrogen) atoms. The highest BCUT2D eigenvalue weighted by molar-refractivity contribution is 6.34. The average molecular weight is 521 g/mol. The van der Waals surface area contributed by atoms with Gasteiger partial charge in [0, 0.05) is 24.4 Å². The van der Waals surface area contributed by atoms with Crippen molar-refractivity contribution in [1.29, 1.82) is 0 Å². The number of nitro benzene ring substituents is 1. The minimum absolute atomic E-state index is 0.0863. The number of nitro groups is 1. The molecule has 2 aromatic carbocycles. The second-order valence-corrected chi connectivity index (χ2v) is 10.5. The molecule has 3 fully saturated rings. The van der Waals surface area contributed by atoms with Crippen LogP contribution in [0.5, 0.6) is 0 Å². The van der Waals surface area contributed by atoms with Crippen LogP contribution in [0.25, 0.3) is 6.08 Å². The first-order chi connectivity index (χ1) is 17.9. The molecule has 1 saturated carbocycles. The predicted octanol–water partition coefficient (Wildman–Crippen LogP) is 4.53. The number of nitrogens with one attached hydrogen (secondary N) is 1. The van der Waals surface area contributed by atoms with Crippen LogP contribution in [0.15, 0.2) is 48.7 Å². The van der Waals surface area contributed by atoms with Crippen molar-refractivity contribution in [3.8, 4) is 0 Å². The summed E-state index contributed by atoms with van der Waals surface area (Å²) >= 11 is 6.25. The Hall–Kier alpha value is -3.72. The van der Waals surface area contributed by atoms with Gasteiger partial charge in [-0.25, -0.2) is 0 Å². The predicted molar refractivity (Wildman–Crippen MR) is 136 cm³/mol. The smallest absolute Gasteiger partial charge is 0.271 e. The molecule has 9 nitrogen and oxygen atoms in total. The number of hydrogen-bond donors (Lipinski definition) is 1. The van der Waals surface area contributed by atoms with Gasteiger partial charge in [0.15, 0.2) is 0 Å². The molecule has 3 aliphatic heterocycles. The Morgan fingerprint density at radius 3 is 2.51 bits per heavy atom. The van der Waals surface area contributed by atoms with Crippen LogP contribution in [0.4, 0.5) is 11.4 Å². The van der Waals surface area contributed by atoms with Crippen LogP contribution in [0.2, 0.25) is 5.02 Å². The zero-order valence-electron chi connectivity index (χ0n) is 19.9. The zero-order valence-corrected chi connectivity index (χ0v) is 20.6. The van der Waals surface area contributed by atoms with E-state index in [1.807, 2.05) is 30.3 Å². The summed E-state index contributed by atoms with van der Waals surface area (Å²) in [5, 5.41) is 14.1. The van der Waals surface area contributed by atoms with E-state index < -0.39 is 34.7 Å². The summed E-state index contributed by atoms with van der Waals surface area (Å²) < 4.78 is 0. The number of halogens is 1. The number of amides is 3. The van der Waals surface area contributed by atoms with Gasteiger partial charge in [-0.1, -0.05) is 55.1 Å². The van der Waals surface area contributed by atoms with Crippen LogP contribution in [0.3, 0.4) is 0 Å². The third-order valence-electron chi connectivity index (χ3n) is 8.12. The normalized spacial score (nSPS) is 26.6. The Morgan fingerprint density at radius 2 is 1.76 bits per heavy atom. The van der Waals surface area contributed by atoms with Gasteiger partial charge in [0.2, 0.25) is 17.7 Å². The highest BCUT2D eigenvalue weighted by atomic mass is 35.5. The molecule has 4 aliphatic rings. The molecule has 1 N–H and O–H groups in total. The summed E-state index contributed by atoms with van der Waals surface area (Å²) in [6.45, 7) is 0. The third-order valence-corrected chi connectivity index (χ3v) is 8.45. The Balaban J connectivity index is 1.40. The first-order valence-corrected chi connectivity index (χ1v) is 12.9. The summed E-state index contributed by atoms with van der Waals surface area (Å²) in [5.74, 6) is -2.63. The van der Waals surface area contributed by atoms with Crippen molar-refractivity contribution in [2.24, 2.45) is 11.8 Å². The maximum atomic E-state index is 13.9. The summed E-state index contributed by atoms with van der Waals surface area (Å²) in [5.41, 5.74) is 1.71. The quantitative estimate of drug-likeness (QED) is 0.360. The standard InChI is InChI=1S/C27H25ClN4O5/c28-19-11-10-17(32(36)37)14-20(19)29-25(33)24-22-21(23-18-9-5-4-6-15(18)12-13-30(23)24)26(34)31(27(22)35)16-7-2-1-3-8-16/h4-6,9-14,16,21-24H,1-3,7-8H2,(H,29,33)/t21-,22+,23+,24-/m0/s1. The summed E-state index contributed by atoms with van der Waals surface area (Å²) in [6.07, 6.45) is 8.23. The molecule has 3 heterocycles. The van der Waals surface area contributed by atoms with E-state index in [0.717, 1.165) is 43.2 Å². The lowest BCUT2D eigenvalue weighted by Gasteiger charge is -2.37. The van der Waals surface area contributed by atoms with Crippen molar-refractivity contribution in [1.82, 2.24) is 9.80 Å². The lowest BCUT2D eigenvalue weighted by atomic mass is 9.84.